The minimum absolute atomic E-state index is 0.0774. The van der Waals surface area contributed by atoms with Crippen LogP contribution in [0.4, 0.5) is 0 Å². The van der Waals surface area contributed by atoms with Crippen molar-refractivity contribution in [3.63, 3.8) is 0 Å². The van der Waals surface area contributed by atoms with E-state index in [9.17, 15) is 9.59 Å². The van der Waals surface area contributed by atoms with Crippen molar-refractivity contribution in [1.29, 1.82) is 0 Å². The van der Waals surface area contributed by atoms with Crippen molar-refractivity contribution in [2.45, 2.75) is 0 Å². The molecule has 104 valence electrons. The summed E-state index contributed by atoms with van der Waals surface area (Å²) in [5.74, 6) is -0.511. The molecular weight excluding hydrogens is 256 g/mol. The minimum atomic E-state index is -0.434. The van der Waals surface area contributed by atoms with Crippen LogP contribution in [0.5, 0.6) is 0 Å². The van der Waals surface area contributed by atoms with Crippen molar-refractivity contribution in [2.24, 2.45) is 0 Å². The standard InChI is InChI=1S/C15H16N2O3/c1-16(2)15(19)12-10-11(7-8-14(18)20-3)17-9-5-4-6-13(12)17/h4-10H,1-3H3/b8-7+. The third kappa shape index (κ3) is 2.56. The minimum Gasteiger partial charge on any atom is -0.466 e. The average molecular weight is 272 g/mol. The van der Waals surface area contributed by atoms with Gasteiger partial charge in [0.25, 0.3) is 5.91 Å². The van der Waals surface area contributed by atoms with Gasteiger partial charge in [0.2, 0.25) is 0 Å². The van der Waals surface area contributed by atoms with Gasteiger partial charge in [-0.05, 0) is 24.3 Å². The van der Waals surface area contributed by atoms with Gasteiger partial charge in [-0.25, -0.2) is 4.79 Å². The molecule has 0 aliphatic heterocycles. The zero-order valence-electron chi connectivity index (χ0n) is 11.7. The Bertz CT molecular complexity index is 683. The summed E-state index contributed by atoms with van der Waals surface area (Å²) in [6, 6.07) is 7.37. The average Bonchev–Trinajstić information content (AvgIpc) is 2.82. The molecule has 5 nitrogen and oxygen atoms in total. The maximum Gasteiger partial charge on any atom is 0.330 e. The second-order valence-electron chi connectivity index (χ2n) is 4.49. The number of carbonyl (C=O) groups is 2. The van der Waals surface area contributed by atoms with Crippen LogP contribution in [0.3, 0.4) is 0 Å². The zero-order chi connectivity index (χ0) is 14.7. The highest BCUT2D eigenvalue weighted by Crippen LogP contribution is 2.19. The molecule has 0 atom stereocenters. The fourth-order valence-corrected chi connectivity index (χ4v) is 1.94. The summed E-state index contributed by atoms with van der Waals surface area (Å²) >= 11 is 0. The van der Waals surface area contributed by atoms with Gasteiger partial charge in [-0.15, -0.1) is 0 Å². The number of fused-ring (bicyclic) bond motifs is 1. The van der Waals surface area contributed by atoms with E-state index in [-0.39, 0.29) is 5.91 Å². The Morgan fingerprint density at radius 2 is 2.05 bits per heavy atom. The Morgan fingerprint density at radius 3 is 2.70 bits per heavy atom. The van der Waals surface area contributed by atoms with Crippen LogP contribution >= 0.6 is 0 Å². The van der Waals surface area contributed by atoms with E-state index in [1.54, 1.807) is 26.2 Å². The number of amides is 1. The maximum atomic E-state index is 12.2. The summed E-state index contributed by atoms with van der Waals surface area (Å²) in [5, 5.41) is 0. The van der Waals surface area contributed by atoms with Crippen LogP contribution in [-0.4, -0.2) is 42.4 Å². The van der Waals surface area contributed by atoms with Gasteiger partial charge in [0.1, 0.15) is 0 Å². The molecule has 0 saturated carbocycles. The predicted octanol–water partition coefficient (Wildman–Crippen LogP) is 1.83. The molecule has 0 saturated heterocycles. The molecule has 2 aromatic rings. The molecular formula is C15H16N2O3. The van der Waals surface area contributed by atoms with Gasteiger partial charge < -0.3 is 14.0 Å². The number of rotatable bonds is 3. The first-order chi connectivity index (χ1) is 9.54. The number of pyridine rings is 1. The fraction of sp³-hybridized carbons (Fsp3) is 0.200. The molecule has 0 bridgehead atoms. The molecule has 0 spiro atoms. The second-order valence-corrected chi connectivity index (χ2v) is 4.49. The smallest absolute Gasteiger partial charge is 0.330 e. The van der Waals surface area contributed by atoms with Crippen molar-refractivity contribution in [3.05, 3.63) is 47.8 Å². The molecule has 0 fully saturated rings. The van der Waals surface area contributed by atoms with E-state index in [2.05, 4.69) is 4.74 Å². The number of esters is 1. The topological polar surface area (TPSA) is 51.0 Å². The van der Waals surface area contributed by atoms with E-state index >= 15 is 0 Å². The first-order valence-electron chi connectivity index (χ1n) is 6.12. The number of nitrogens with zero attached hydrogens (tertiary/aromatic N) is 2. The molecule has 0 aliphatic rings. The quantitative estimate of drug-likeness (QED) is 0.632. The highest BCUT2D eigenvalue weighted by molar-refractivity contribution is 6.02. The van der Waals surface area contributed by atoms with Crippen LogP contribution in [0.15, 0.2) is 36.5 Å². The van der Waals surface area contributed by atoms with Crippen molar-refractivity contribution in [3.8, 4) is 0 Å². The van der Waals surface area contributed by atoms with Gasteiger partial charge >= 0.3 is 5.97 Å². The predicted molar refractivity (Wildman–Crippen MR) is 76.5 cm³/mol. The lowest BCUT2D eigenvalue weighted by Crippen LogP contribution is -2.21. The Hall–Kier alpha value is -2.56. The summed E-state index contributed by atoms with van der Waals surface area (Å²) in [5.41, 5.74) is 2.15. The van der Waals surface area contributed by atoms with Crippen LogP contribution in [0.1, 0.15) is 16.1 Å². The Morgan fingerprint density at radius 1 is 1.30 bits per heavy atom. The fourth-order valence-electron chi connectivity index (χ4n) is 1.94. The number of aromatic nitrogens is 1. The molecule has 1 amide bonds. The lowest BCUT2D eigenvalue weighted by atomic mass is 10.2. The van der Waals surface area contributed by atoms with E-state index in [4.69, 9.17) is 0 Å². The molecule has 2 aromatic heterocycles. The van der Waals surface area contributed by atoms with Gasteiger partial charge in [0, 0.05) is 32.1 Å². The molecule has 2 heterocycles. The third-order valence-corrected chi connectivity index (χ3v) is 2.93. The normalized spacial score (nSPS) is 10.9. The van der Waals surface area contributed by atoms with Gasteiger partial charge in [-0.1, -0.05) is 6.07 Å². The second kappa shape index (κ2) is 5.61. The van der Waals surface area contributed by atoms with E-state index in [1.165, 1.54) is 18.1 Å². The number of hydrogen-bond donors (Lipinski definition) is 0. The first kappa shape index (κ1) is 13.9. The first-order valence-corrected chi connectivity index (χ1v) is 6.12. The molecule has 2 rings (SSSR count). The number of hydrogen-bond acceptors (Lipinski definition) is 3. The maximum absolute atomic E-state index is 12.2. The summed E-state index contributed by atoms with van der Waals surface area (Å²) < 4.78 is 6.42. The number of carbonyl (C=O) groups excluding carboxylic acids is 2. The van der Waals surface area contributed by atoms with Crippen molar-refractivity contribution in [1.82, 2.24) is 9.30 Å². The van der Waals surface area contributed by atoms with Crippen LogP contribution in [0, 0.1) is 0 Å². The van der Waals surface area contributed by atoms with Gasteiger partial charge in [-0.2, -0.15) is 0 Å². The summed E-state index contributed by atoms with van der Waals surface area (Å²) in [7, 11) is 4.74. The Kier molecular flexibility index (Phi) is 3.89. The molecule has 0 N–H and O–H groups in total. The SMILES string of the molecule is COC(=O)/C=C/c1cc(C(=O)N(C)C)c2ccccn12. The molecule has 0 radical (unpaired) electrons. The molecule has 0 aromatic carbocycles. The Labute approximate surface area is 117 Å². The summed E-state index contributed by atoms with van der Waals surface area (Å²) in [6.07, 6.45) is 4.81. The van der Waals surface area contributed by atoms with Gasteiger partial charge in [0.05, 0.1) is 18.2 Å². The molecule has 0 unspecified atom stereocenters. The summed E-state index contributed by atoms with van der Waals surface area (Å²) in [6.45, 7) is 0. The van der Waals surface area contributed by atoms with E-state index in [0.29, 0.717) is 5.56 Å². The summed E-state index contributed by atoms with van der Waals surface area (Å²) in [4.78, 5) is 24.9. The van der Waals surface area contributed by atoms with Gasteiger partial charge in [0.15, 0.2) is 0 Å². The highest BCUT2D eigenvalue weighted by Gasteiger charge is 2.15. The molecule has 0 aliphatic carbocycles. The van der Waals surface area contributed by atoms with Crippen LogP contribution < -0.4 is 0 Å². The number of methoxy groups -OCH3 is 1. The molecule has 20 heavy (non-hydrogen) atoms. The largest absolute Gasteiger partial charge is 0.466 e. The lowest BCUT2D eigenvalue weighted by molar-refractivity contribution is -0.134. The number of ether oxygens (including phenoxy) is 1. The zero-order valence-corrected chi connectivity index (χ0v) is 11.7. The van der Waals surface area contributed by atoms with Gasteiger partial charge in [-0.3, -0.25) is 4.79 Å². The molecule has 5 heteroatoms. The van der Waals surface area contributed by atoms with Crippen molar-refractivity contribution < 1.29 is 14.3 Å². The monoisotopic (exact) mass is 272 g/mol. The van der Waals surface area contributed by atoms with E-state index in [1.807, 2.05) is 28.8 Å². The third-order valence-electron chi connectivity index (χ3n) is 2.93. The Balaban J connectivity index is 2.54. The highest BCUT2D eigenvalue weighted by atomic mass is 16.5. The van der Waals surface area contributed by atoms with Crippen LogP contribution in [-0.2, 0) is 9.53 Å². The van der Waals surface area contributed by atoms with Crippen molar-refractivity contribution in [2.75, 3.05) is 21.2 Å². The van der Waals surface area contributed by atoms with Crippen LogP contribution in [0.2, 0.25) is 0 Å². The van der Waals surface area contributed by atoms with Crippen LogP contribution in [0.25, 0.3) is 11.6 Å². The van der Waals surface area contributed by atoms with E-state index in [0.717, 1.165) is 11.2 Å². The van der Waals surface area contributed by atoms with E-state index < -0.39 is 5.97 Å². The lowest BCUT2D eigenvalue weighted by Gasteiger charge is -2.08. The van der Waals surface area contributed by atoms with Crippen molar-refractivity contribution >= 4 is 23.5 Å².